The number of aliphatic imine (C=N–C) groups is 1. The summed E-state index contributed by atoms with van der Waals surface area (Å²) in [5.74, 6) is 1.63. The number of nitrogens with zero attached hydrogens (tertiary/aromatic N) is 1. The molecule has 7 heteroatoms. The van der Waals surface area contributed by atoms with E-state index in [1.165, 1.54) is 19.3 Å². The van der Waals surface area contributed by atoms with Crippen molar-refractivity contribution in [3.63, 3.8) is 0 Å². The van der Waals surface area contributed by atoms with Crippen molar-refractivity contribution in [1.29, 1.82) is 0 Å². The molecule has 0 amide bonds. The molecule has 23 heavy (non-hydrogen) atoms. The number of guanidine groups is 1. The molecule has 0 heterocycles. The average Bonchev–Trinajstić information content (AvgIpc) is 2.99. The van der Waals surface area contributed by atoms with Crippen molar-refractivity contribution in [1.82, 2.24) is 10.6 Å². The molecule has 1 aliphatic rings. The van der Waals surface area contributed by atoms with Gasteiger partial charge in [0.2, 0.25) is 0 Å². The first kappa shape index (κ1) is 20.7. The molecule has 0 saturated heterocycles. The first-order valence-corrected chi connectivity index (χ1v) is 9.15. The molecule has 1 saturated carbocycles. The zero-order valence-electron chi connectivity index (χ0n) is 13.8. The molecule has 130 valence electrons. The number of hydrogen-bond acceptors (Lipinski definition) is 3. The average molecular weight is 470 g/mol. The zero-order chi connectivity index (χ0) is 15.9. The lowest BCUT2D eigenvalue weighted by molar-refractivity contribution is 0.409. The maximum Gasteiger partial charge on any atom is 0.191 e. The Hall–Kier alpha value is -0.340. The van der Waals surface area contributed by atoms with Crippen LogP contribution in [0.4, 0.5) is 0 Å². The molecule has 0 bridgehead atoms. The predicted molar refractivity (Wildman–Crippen MR) is 112 cm³/mol. The number of ether oxygens (including phenoxy) is 1. The Morgan fingerprint density at radius 3 is 2.83 bits per heavy atom. The van der Waals surface area contributed by atoms with E-state index < -0.39 is 0 Å². The maximum atomic E-state index is 5.99. The van der Waals surface area contributed by atoms with Crippen LogP contribution in [0.2, 0.25) is 5.02 Å². The van der Waals surface area contributed by atoms with Gasteiger partial charge in [-0.3, -0.25) is 4.99 Å². The van der Waals surface area contributed by atoms with E-state index in [1.807, 2.05) is 30.0 Å². The van der Waals surface area contributed by atoms with Crippen molar-refractivity contribution >= 4 is 53.3 Å². The van der Waals surface area contributed by atoms with E-state index in [1.54, 1.807) is 14.2 Å². The van der Waals surface area contributed by atoms with E-state index in [0.717, 1.165) is 22.5 Å². The quantitative estimate of drug-likeness (QED) is 0.390. The Balaban J connectivity index is 0.00000264. The molecule has 2 rings (SSSR count). The van der Waals surface area contributed by atoms with Gasteiger partial charge in [-0.05, 0) is 37.7 Å². The van der Waals surface area contributed by atoms with E-state index in [0.29, 0.717) is 17.6 Å². The van der Waals surface area contributed by atoms with E-state index >= 15 is 0 Å². The van der Waals surface area contributed by atoms with Crippen LogP contribution in [0.1, 0.15) is 24.8 Å². The molecule has 0 radical (unpaired) electrons. The standard InChI is InChI=1S/C16H24ClN3OS.HI/c1-18-16(20-13-6-7-14(9-13)22-3)19-10-11-4-5-12(17)8-15(11)21-2;/h4-5,8,13-14H,6-7,9-10H2,1-3H3,(H2,18,19,20);1H. The first-order valence-electron chi connectivity index (χ1n) is 7.48. The Morgan fingerprint density at radius 2 is 2.22 bits per heavy atom. The van der Waals surface area contributed by atoms with Gasteiger partial charge < -0.3 is 15.4 Å². The molecule has 0 spiro atoms. The van der Waals surface area contributed by atoms with Crippen LogP contribution in [0.25, 0.3) is 0 Å². The SMILES string of the molecule is CN=C(NCc1ccc(Cl)cc1OC)NC1CCC(SC)C1.I. The van der Waals surface area contributed by atoms with E-state index in [-0.39, 0.29) is 24.0 Å². The van der Waals surface area contributed by atoms with Gasteiger partial charge in [0.15, 0.2) is 5.96 Å². The van der Waals surface area contributed by atoms with Gasteiger partial charge in [-0.1, -0.05) is 17.7 Å². The Bertz CT molecular complexity index is 530. The summed E-state index contributed by atoms with van der Waals surface area (Å²) in [5, 5.41) is 8.30. The molecule has 4 nitrogen and oxygen atoms in total. The van der Waals surface area contributed by atoms with Crippen LogP contribution in [0.3, 0.4) is 0 Å². The summed E-state index contributed by atoms with van der Waals surface area (Å²) < 4.78 is 5.37. The summed E-state index contributed by atoms with van der Waals surface area (Å²) in [6.07, 6.45) is 5.87. The molecule has 0 aliphatic heterocycles. The third-order valence-corrected chi connectivity index (χ3v) is 5.31. The highest BCUT2D eigenvalue weighted by atomic mass is 127. The molecule has 1 aromatic carbocycles. The second-order valence-corrected chi connectivity index (χ2v) is 6.97. The lowest BCUT2D eigenvalue weighted by Gasteiger charge is -2.18. The first-order chi connectivity index (χ1) is 10.7. The predicted octanol–water partition coefficient (Wildman–Crippen LogP) is 3.92. The van der Waals surface area contributed by atoms with E-state index in [2.05, 4.69) is 21.9 Å². The number of benzene rings is 1. The van der Waals surface area contributed by atoms with Crippen LogP contribution in [-0.2, 0) is 6.54 Å². The fourth-order valence-corrected chi connectivity index (χ4v) is 3.68. The molecule has 1 aromatic rings. The largest absolute Gasteiger partial charge is 0.496 e. The number of nitrogens with one attached hydrogen (secondary N) is 2. The maximum absolute atomic E-state index is 5.99. The number of rotatable bonds is 5. The Kier molecular flexibility index (Phi) is 9.46. The fourth-order valence-electron chi connectivity index (χ4n) is 2.72. The van der Waals surface area contributed by atoms with Gasteiger partial charge in [-0.15, -0.1) is 24.0 Å². The summed E-state index contributed by atoms with van der Waals surface area (Å²) in [4.78, 5) is 4.31. The molecule has 2 unspecified atom stereocenters. The lowest BCUT2D eigenvalue weighted by Crippen LogP contribution is -2.42. The summed E-state index contributed by atoms with van der Waals surface area (Å²) in [6, 6.07) is 6.18. The van der Waals surface area contributed by atoms with Gasteiger partial charge in [0.25, 0.3) is 0 Å². The number of hydrogen-bond donors (Lipinski definition) is 2. The Labute approximate surface area is 165 Å². The topological polar surface area (TPSA) is 45.7 Å². The van der Waals surface area contributed by atoms with Crippen LogP contribution in [-0.4, -0.2) is 37.7 Å². The lowest BCUT2D eigenvalue weighted by atomic mass is 10.2. The van der Waals surface area contributed by atoms with Crippen LogP contribution in [0.15, 0.2) is 23.2 Å². The third-order valence-electron chi connectivity index (χ3n) is 3.98. The minimum atomic E-state index is 0. The second kappa shape index (κ2) is 10.5. The molecular weight excluding hydrogens is 445 g/mol. The number of halogens is 2. The monoisotopic (exact) mass is 469 g/mol. The van der Waals surface area contributed by atoms with Gasteiger partial charge in [-0.25, -0.2) is 0 Å². The summed E-state index contributed by atoms with van der Waals surface area (Å²) >= 11 is 7.95. The van der Waals surface area contributed by atoms with E-state index in [4.69, 9.17) is 16.3 Å². The minimum Gasteiger partial charge on any atom is -0.496 e. The summed E-state index contributed by atoms with van der Waals surface area (Å²) in [6.45, 7) is 0.651. The molecular formula is C16H25ClIN3OS. The summed E-state index contributed by atoms with van der Waals surface area (Å²) in [5.41, 5.74) is 1.06. The summed E-state index contributed by atoms with van der Waals surface area (Å²) in [7, 11) is 3.46. The minimum absolute atomic E-state index is 0. The van der Waals surface area contributed by atoms with Crippen LogP contribution >= 0.6 is 47.3 Å². The van der Waals surface area contributed by atoms with Crippen molar-refractivity contribution in [2.75, 3.05) is 20.4 Å². The normalized spacial score (nSPS) is 20.8. The fraction of sp³-hybridized carbons (Fsp3) is 0.562. The van der Waals surface area contributed by atoms with Crippen LogP contribution < -0.4 is 15.4 Å². The van der Waals surface area contributed by atoms with Gasteiger partial charge in [0.05, 0.1) is 7.11 Å². The van der Waals surface area contributed by atoms with Crippen LogP contribution in [0.5, 0.6) is 5.75 Å². The Morgan fingerprint density at radius 1 is 1.43 bits per heavy atom. The van der Waals surface area contributed by atoms with Gasteiger partial charge >= 0.3 is 0 Å². The van der Waals surface area contributed by atoms with Gasteiger partial charge in [-0.2, -0.15) is 11.8 Å². The highest BCUT2D eigenvalue weighted by Crippen LogP contribution is 2.28. The molecule has 1 fully saturated rings. The highest BCUT2D eigenvalue weighted by Gasteiger charge is 2.24. The molecule has 2 N–H and O–H groups in total. The molecule has 2 atom stereocenters. The van der Waals surface area contributed by atoms with Crippen molar-refractivity contribution in [2.45, 2.75) is 37.1 Å². The van der Waals surface area contributed by atoms with Crippen molar-refractivity contribution in [3.8, 4) is 5.75 Å². The van der Waals surface area contributed by atoms with Gasteiger partial charge in [0, 0.05) is 35.5 Å². The van der Waals surface area contributed by atoms with Crippen molar-refractivity contribution < 1.29 is 4.74 Å². The second-order valence-electron chi connectivity index (χ2n) is 5.39. The molecule has 1 aliphatic carbocycles. The van der Waals surface area contributed by atoms with Gasteiger partial charge in [0.1, 0.15) is 5.75 Å². The molecule has 0 aromatic heterocycles. The number of methoxy groups -OCH3 is 1. The van der Waals surface area contributed by atoms with Crippen molar-refractivity contribution in [3.05, 3.63) is 28.8 Å². The highest BCUT2D eigenvalue weighted by molar-refractivity contribution is 14.0. The smallest absolute Gasteiger partial charge is 0.191 e. The van der Waals surface area contributed by atoms with Crippen molar-refractivity contribution in [2.24, 2.45) is 4.99 Å². The number of thioether (sulfide) groups is 1. The third kappa shape index (κ3) is 6.23. The van der Waals surface area contributed by atoms with Crippen LogP contribution in [0, 0.1) is 0 Å². The zero-order valence-corrected chi connectivity index (χ0v) is 17.7. The van der Waals surface area contributed by atoms with E-state index in [9.17, 15) is 0 Å².